The summed E-state index contributed by atoms with van der Waals surface area (Å²) in [4.78, 5) is 23.1. The van der Waals surface area contributed by atoms with Gasteiger partial charge >= 0.3 is 0 Å². The monoisotopic (exact) mass is 435 g/mol. The molecular formula is C23H25N5O4. The van der Waals surface area contributed by atoms with E-state index in [0.29, 0.717) is 41.8 Å². The minimum Gasteiger partial charge on any atom is -0.490 e. The summed E-state index contributed by atoms with van der Waals surface area (Å²) >= 11 is 0. The lowest BCUT2D eigenvalue weighted by atomic mass is 10.1. The Morgan fingerprint density at radius 1 is 1.22 bits per heavy atom. The minimum atomic E-state index is -0.777. The number of para-hydroxylation sites is 2. The molecule has 4 rings (SSSR count). The minimum absolute atomic E-state index is 0.123. The van der Waals surface area contributed by atoms with Gasteiger partial charge in [-0.25, -0.2) is 9.97 Å². The number of nitrogen functional groups attached to an aromatic ring is 1. The zero-order valence-corrected chi connectivity index (χ0v) is 17.9. The lowest BCUT2D eigenvalue weighted by molar-refractivity contribution is -0.125. The lowest BCUT2D eigenvalue weighted by Gasteiger charge is -2.26. The van der Waals surface area contributed by atoms with Crippen molar-refractivity contribution in [1.82, 2.24) is 14.9 Å². The summed E-state index contributed by atoms with van der Waals surface area (Å²) in [5.74, 6) is 1.54. The fraction of sp³-hybridized carbons (Fsp3) is 0.261. The first kappa shape index (κ1) is 21.4. The number of fused-ring (bicyclic) bond motifs is 1. The van der Waals surface area contributed by atoms with Crippen molar-refractivity contribution >= 4 is 17.5 Å². The van der Waals surface area contributed by atoms with Gasteiger partial charge in [0, 0.05) is 18.3 Å². The summed E-state index contributed by atoms with van der Waals surface area (Å²) in [6, 6.07) is 14.5. The first-order chi connectivity index (χ1) is 15.5. The number of benzene rings is 2. The molecule has 1 amide bonds. The van der Waals surface area contributed by atoms with Crippen LogP contribution in [-0.4, -0.2) is 60.7 Å². The molecule has 0 spiro atoms. The largest absolute Gasteiger partial charge is 0.490 e. The molecule has 1 aromatic heterocycles. The highest BCUT2D eigenvalue weighted by molar-refractivity contribution is 5.96. The standard InChI is InChI=1S/C23H25N5O4/c1-28(2)11-12-30-20-13-15(16-9-10-25-23(24)27-16)7-8-17(20)26-22(29)21-14-31-18-5-3-4-6-19(18)32-21/h3-10,13,21H,11-12,14H2,1-2H3,(H,26,29)(H2,24,25,27)/t21-/m0/s1. The molecule has 2 heterocycles. The van der Waals surface area contributed by atoms with Crippen molar-refractivity contribution in [3.63, 3.8) is 0 Å². The summed E-state index contributed by atoms with van der Waals surface area (Å²) in [5.41, 5.74) is 7.70. The number of rotatable bonds is 7. The summed E-state index contributed by atoms with van der Waals surface area (Å²) < 4.78 is 17.4. The van der Waals surface area contributed by atoms with E-state index in [1.807, 2.05) is 43.3 Å². The molecule has 0 fully saturated rings. The van der Waals surface area contributed by atoms with Gasteiger partial charge in [-0.15, -0.1) is 0 Å². The van der Waals surface area contributed by atoms with Crippen molar-refractivity contribution in [2.24, 2.45) is 0 Å². The van der Waals surface area contributed by atoms with Crippen LogP contribution in [0.1, 0.15) is 0 Å². The number of nitrogens with one attached hydrogen (secondary N) is 1. The third kappa shape index (κ3) is 5.06. The fourth-order valence-electron chi connectivity index (χ4n) is 3.14. The molecule has 2 aromatic carbocycles. The third-order valence-corrected chi connectivity index (χ3v) is 4.81. The van der Waals surface area contributed by atoms with Crippen molar-refractivity contribution in [1.29, 1.82) is 0 Å². The molecule has 0 radical (unpaired) electrons. The quantitative estimate of drug-likeness (QED) is 0.582. The molecule has 0 saturated carbocycles. The van der Waals surface area contributed by atoms with Crippen molar-refractivity contribution in [2.45, 2.75) is 6.10 Å². The second-order valence-corrected chi connectivity index (χ2v) is 7.52. The summed E-state index contributed by atoms with van der Waals surface area (Å²) in [6.45, 7) is 1.29. The van der Waals surface area contributed by atoms with E-state index in [4.69, 9.17) is 19.9 Å². The smallest absolute Gasteiger partial charge is 0.269 e. The maximum absolute atomic E-state index is 12.9. The number of nitrogens with zero attached hydrogens (tertiary/aromatic N) is 3. The van der Waals surface area contributed by atoms with E-state index in [9.17, 15) is 4.79 Å². The number of likely N-dealkylation sites (N-methyl/N-ethyl adjacent to an activating group) is 1. The summed E-state index contributed by atoms with van der Waals surface area (Å²) in [5, 5.41) is 2.90. The van der Waals surface area contributed by atoms with E-state index in [1.54, 1.807) is 30.5 Å². The number of carbonyl (C=O) groups is 1. The number of ether oxygens (including phenoxy) is 3. The molecule has 0 aliphatic carbocycles. The van der Waals surface area contributed by atoms with Crippen LogP contribution >= 0.6 is 0 Å². The van der Waals surface area contributed by atoms with E-state index >= 15 is 0 Å². The van der Waals surface area contributed by atoms with Crippen LogP contribution in [0.3, 0.4) is 0 Å². The van der Waals surface area contributed by atoms with Crippen molar-refractivity contribution in [3.05, 3.63) is 54.7 Å². The van der Waals surface area contributed by atoms with Gasteiger partial charge in [0.2, 0.25) is 12.1 Å². The Labute approximate surface area is 186 Å². The highest BCUT2D eigenvalue weighted by Gasteiger charge is 2.28. The molecule has 0 bridgehead atoms. The molecule has 32 heavy (non-hydrogen) atoms. The van der Waals surface area contributed by atoms with Crippen LogP contribution in [0.15, 0.2) is 54.7 Å². The first-order valence-corrected chi connectivity index (χ1v) is 10.2. The second kappa shape index (κ2) is 9.52. The molecule has 3 aromatic rings. The summed E-state index contributed by atoms with van der Waals surface area (Å²) in [6.07, 6.45) is 0.818. The van der Waals surface area contributed by atoms with Crippen LogP contribution in [-0.2, 0) is 4.79 Å². The Morgan fingerprint density at radius 3 is 2.81 bits per heavy atom. The van der Waals surface area contributed by atoms with Crippen LogP contribution < -0.4 is 25.3 Å². The predicted molar refractivity (Wildman–Crippen MR) is 121 cm³/mol. The maximum atomic E-state index is 12.9. The zero-order chi connectivity index (χ0) is 22.5. The van der Waals surface area contributed by atoms with Gasteiger partial charge in [0.1, 0.15) is 19.0 Å². The van der Waals surface area contributed by atoms with E-state index in [0.717, 1.165) is 5.56 Å². The van der Waals surface area contributed by atoms with Gasteiger partial charge in [0.05, 0.1) is 11.4 Å². The first-order valence-electron chi connectivity index (χ1n) is 10.2. The van der Waals surface area contributed by atoms with Crippen molar-refractivity contribution in [3.8, 4) is 28.5 Å². The molecule has 3 N–H and O–H groups in total. The van der Waals surface area contributed by atoms with Gasteiger partial charge < -0.3 is 30.2 Å². The van der Waals surface area contributed by atoms with Gasteiger partial charge in [0.25, 0.3) is 5.91 Å². The molecule has 166 valence electrons. The number of hydrogen-bond donors (Lipinski definition) is 2. The number of anilines is 2. The van der Waals surface area contributed by atoms with E-state index in [-0.39, 0.29) is 18.5 Å². The molecule has 0 saturated heterocycles. The van der Waals surface area contributed by atoms with Crippen LogP contribution in [0.2, 0.25) is 0 Å². The van der Waals surface area contributed by atoms with Gasteiger partial charge in [0.15, 0.2) is 11.5 Å². The number of nitrogens with two attached hydrogens (primary N) is 1. The van der Waals surface area contributed by atoms with Crippen LogP contribution in [0.4, 0.5) is 11.6 Å². The molecular weight excluding hydrogens is 410 g/mol. The second-order valence-electron chi connectivity index (χ2n) is 7.52. The Bertz CT molecular complexity index is 1110. The van der Waals surface area contributed by atoms with Crippen LogP contribution in [0, 0.1) is 0 Å². The molecule has 1 atom stereocenters. The number of amides is 1. The van der Waals surface area contributed by atoms with Crippen molar-refractivity contribution in [2.75, 3.05) is 44.9 Å². The van der Waals surface area contributed by atoms with Gasteiger partial charge in [-0.3, -0.25) is 4.79 Å². The van der Waals surface area contributed by atoms with Crippen molar-refractivity contribution < 1.29 is 19.0 Å². The summed E-state index contributed by atoms with van der Waals surface area (Å²) in [7, 11) is 3.93. The van der Waals surface area contributed by atoms with Crippen LogP contribution in [0.5, 0.6) is 17.2 Å². The molecule has 1 aliphatic rings. The number of carbonyl (C=O) groups excluding carboxylic acids is 1. The molecule has 9 nitrogen and oxygen atoms in total. The van der Waals surface area contributed by atoms with Gasteiger partial charge in [-0.05, 0) is 44.4 Å². The molecule has 0 unspecified atom stereocenters. The lowest BCUT2D eigenvalue weighted by Crippen LogP contribution is -2.40. The average Bonchev–Trinajstić information content (AvgIpc) is 2.79. The Hall–Kier alpha value is -3.85. The average molecular weight is 435 g/mol. The topological polar surface area (TPSA) is 112 Å². The van der Waals surface area contributed by atoms with E-state index < -0.39 is 6.10 Å². The molecule has 1 aliphatic heterocycles. The maximum Gasteiger partial charge on any atom is 0.269 e. The normalized spacial score (nSPS) is 14.8. The fourth-order valence-corrected chi connectivity index (χ4v) is 3.14. The van der Waals surface area contributed by atoms with Gasteiger partial charge in [-0.1, -0.05) is 18.2 Å². The number of hydrogen-bond acceptors (Lipinski definition) is 8. The van der Waals surface area contributed by atoms with Crippen LogP contribution in [0.25, 0.3) is 11.3 Å². The SMILES string of the molecule is CN(C)CCOc1cc(-c2ccnc(N)n2)ccc1NC(=O)[C@@H]1COc2ccccc2O1. The zero-order valence-electron chi connectivity index (χ0n) is 17.9. The predicted octanol–water partition coefficient (Wildman–Crippen LogP) is 2.44. The van der Waals surface area contributed by atoms with E-state index in [1.165, 1.54) is 0 Å². The highest BCUT2D eigenvalue weighted by Crippen LogP contribution is 2.33. The molecule has 9 heteroatoms. The Kier molecular flexibility index (Phi) is 6.37. The van der Waals surface area contributed by atoms with E-state index in [2.05, 4.69) is 15.3 Å². The number of aromatic nitrogens is 2. The van der Waals surface area contributed by atoms with Gasteiger partial charge in [-0.2, -0.15) is 0 Å². The Morgan fingerprint density at radius 2 is 2.03 bits per heavy atom. The third-order valence-electron chi connectivity index (χ3n) is 4.81. The Balaban J connectivity index is 1.54. The highest BCUT2D eigenvalue weighted by atomic mass is 16.6.